The molecule has 0 amide bonds. The van der Waals surface area contributed by atoms with Gasteiger partial charge in [-0.2, -0.15) is 0 Å². The van der Waals surface area contributed by atoms with E-state index < -0.39 is 12.0 Å². The molecule has 0 saturated heterocycles. The molecule has 1 N–H and O–H groups in total. The molecule has 1 aromatic carbocycles. The first-order valence-electron chi connectivity index (χ1n) is 7.49. The normalized spacial score (nSPS) is 15.4. The molecule has 3 atom stereocenters. The number of benzene rings is 1. The molecule has 0 fully saturated rings. The van der Waals surface area contributed by atoms with E-state index in [2.05, 4.69) is 19.1 Å². The van der Waals surface area contributed by atoms with Gasteiger partial charge in [0.15, 0.2) is 0 Å². The van der Waals surface area contributed by atoms with E-state index in [1.807, 2.05) is 25.1 Å². The molecular formula is C17H26O3. The number of esters is 1. The zero-order valence-electron chi connectivity index (χ0n) is 12.7. The third-order valence-corrected chi connectivity index (χ3v) is 3.62. The van der Waals surface area contributed by atoms with Crippen LogP contribution in [0.15, 0.2) is 30.3 Å². The lowest BCUT2D eigenvalue weighted by Gasteiger charge is -2.23. The summed E-state index contributed by atoms with van der Waals surface area (Å²) < 4.78 is 5.07. The van der Waals surface area contributed by atoms with E-state index in [1.54, 1.807) is 6.92 Å². The molecular weight excluding hydrogens is 252 g/mol. The largest absolute Gasteiger partial charge is 0.466 e. The lowest BCUT2D eigenvalue weighted by molar-refractivity contribution is -0.152. The van der Waals surface area contributed by atoms with Crippen molar-refractivity contribution in [2.24, 2.45) is 5.92 Å². The third kappa shape index (κ3) is 4.97. The quantitative estimate of drug-likeness (QED) is 0.740. The summed E-state index contributed by atoms with van der Waals surface area (Å²) in [6.07, 6.45) is 1.46. The SMILES string of the molecule is CCCC(C(=O)OCC)C(O)CC(C)c1ccccc1. The van der Waals surface area contributed by atoms with Crippen LogP contribution in [-0.4, -0.2) is 23.8 Å². The van der Waals surface area contributed by atoms with Crippen molar-refractivity contribution in [3.8, 4) is 0 Å². The third-order valence-electron chi connectivity index (χ3n) is 3.62. The summed E-state index contributed by atoms with van der Waals surface area (Å²) in [5.74, 6) is -0.465. The molecule has 3 unspecified atom stereocenters. The molecule has 20 heavy (non-hydrogen) atoms. The fourth-order valence-electron chi connectivity index (χ4n) is 2.47. The summed E-state index contributed by atoms with van der Waals surface area (Å²) in [6, 6.07) is 10.1. The first-order chi connectivity index (χ1) is 9.60. The van der Waals surface area contributed by atoms with Crippen molar-refractivity contribution in [2.75, 3.05) is 6.61 Å². The van der Waals surface area contributed by atoms with Crippen LogP contribution in [0.4, 0.5) is 0 Å². The maximum Gasteiger partial charge on any atom is 0.311 e. The maximum atomic E-state index is 11.9. The van der Waals surface area contributed by atoms with E-state index in [4.69, 9.17) is 4.74 Å². The summed E-state index contributed by atoms with van der Waals surface area (Å²) in [6.45, 7) is 6.24. The molecule has 112 valence electrons. The Bertz CT molecular complexity index is 388. The monoisotopic (exact) mass is 278 g/mol. The lowest BCUT2D eigenvalue weighted by atomic mass is 9.87. The van der Waals surface area contributed by atoms with Crippen LogP contribution in [0.25, 0.3) is 0 Å². The molecule has 0 aliphatic rings. The minimum absolute atomic E-state index is 0.222. The number of aliphatic hydroxyl groups is 1. The Balaban J connectivity index is 2.65. The van der Waals surface area contributed by atoms with Crippen molar-refractivity contribution in [2.45, 2.75) is 52.1 Å². The van der Waals surface area contributed by atoms with E-state index in [9.17, 15) is 9.90 Å². The molecule has 0 radical (unpaired) electrons. The highest BCUT2D eigenvalue weighted by molar-refractivity contribution is 5.73. The summed E-state index contributed by atoms with van der Waals surface area (Å²) >= 11 is 0. The Labute approximate surface area is 122 Å². The van der Waals surface area contributed by atoms with E-state index in [0.29, 0.717) is 19.4 Å². The zero-order valence-corrected chi connectivity index (χ0v) is 12.7. The van der Waals surface area contributed by atoms with Crippen LogP contribution >= 0.6 is 0 Å². The summed E-state index contributed by atoms with van der Waals surface area (Å²) in [5, 5.41) is 10.4. The smallest absolute Gasteiger partial charge is 0.311 e. The Morgan fingerprint density at radius 2 is 1.90 bits per heavy atom. The van der Waals surface area contributed by atoms with Gasteiger partial charge in [-0.1, -0.05) is 50.6 Å². The van der Waals surface area contributed by atoms with Gasteiger partial charge in [0.2, 0.25) is 0 Å². The van der Waals surface area contributed by atoms with Crippen molar-refractivity contribution < 1.29 is 14.6 Å². The molecule has 0 heterocycles. The van der Waals surface area contributed by atoms with Crippen molar-refractivity contribution in [3.63, 3.8) is 0 Å². The fourth-order valence-corrected chi connectivity index (χ4v) is 2.47. The van der Waals surface area contributed by atoms with Crippen LogP contribution in [0.3, 0.4) is 0 Å². The van der Waals surface area contributed by atoms with Gasteiger partial charge in [-0.25, -0.2) is 0 Å². The Hall–Kier alpha value is -1.35. The first-order valence-corrected chi connectivity index (χ1v) is 7.49. The van der Waals surface area contributed by atoms with Crippen LogP contribution in [0, 0.1) is 5.92 Å². The molecule has 1 aromatic rings. The van der Waals surface area contributed by atoms with Gasteiger partial charge in [0.25, 0.3) is 0 Å². The Kier molecular flexibility index (Phi) is 7.31. The van der Waals surface area contributed by atoms with E-state index >= 15 is 0 Å². The van der Waals surface area contributed by atoms with E-state index in [-0.39, 0.29) is 11.9 Å². The summed E-state index contributed by atoms with van der Waals surface area (Å²) in [7, 11) is 0. The number of aliphatic hydroxyl groups excluding tert-OH is 1. The van der Waals surface area contributed by atoms with Crippen molar-refractivity contribution >= 4 is 5.97 Å². The summed E-state index contributed by atoms with van der Waals surface area (Å²) in [4.78, 5) is 11.9. The van der Waals surface area contributed by atoms with Gasteiger partial charge >= 0.3 is 5.97 Å². The summed E-state index contributed by atoms with van der Waals surface area (Å²) in [5.41, 5.74) is 1.19. The highest BCUT2D eigenvalue weighted by Gasteiger charge is 2.28. The number of carbonyl (C=O) groups is 1. The van der Waals surface area contributed by atoms with Gasteiger partial charge in [0, 0.05) is 0 Å². The van der Waals surface area contributed by atoms with Crippen molar-refractivity contribution in [1.29, 1.82) is 0 Å². The standard InChI is InChI=1S/C17H26O3/c1-4-9-15(17(19)20-5-2)16(18)12-13(3)14-10-7-6-8-11-14/h6-8,10-11,13,15-16,18H,4-5,9,12H2,1-3H3. The van der Waals surface area contributed by atoms with Crippen LogP contribution in [-0.2, 0) is 9.53 Å². The second kappa shape index (κ2) is 8.75. The van der Waals surface area contributed by atoms with Crippen LogP contribution in [0.1, 0.15) is 51.5 Å². The lowest BCUT2D eigenvalue weighted by Crippen LogP contribution is -2.31. The number of rotatable bonds is 8. The zero-order chi connectivity index (χ0) is 15.0. The van der Waals surface area contributed by atoms with Gasteiger partial charge in [-0.15, -0.1) is 0 Å². The fraction of sp³-hybridized carbons (Fsp3) is 0.588. The van der Waals surface area contributed by atoms with Gasteiger partial charge < -0.3 is 9.84 Å². The first kappa shape index (κ1) is 16.7. The molecule has 0 spiro atoms. The Morgan fingerprint density at radius 3 is 2.45 bits per heavy atom. The van der Waals surface area contributed by atoms with Crippen LogP contribution in [0.2, 0.25) is 0 Å². The maximum absolute atomic E-state index is 11.9. The molecule has 0 bridgehead atoms. The number of hydrogen-bond acceptors (Lipinski definition) is 3. The van der Waals surface area contributed by atoms with Gasteiger partial charge in [0.1, 0.15) is 0 Å². The highest BCUT2D eigenvalue weighted by atomic mass is 16.5. The average Bonchev–Trinajstić information content (AvgIpc) is 2.45. The van der Waals surface area contributed by atoms with Crippen LogP contribution < -0.4 is 0 Å². The molecule has 0 aromatic heterocycles. The predicted molar refractivity (Wildman–Crippen MR) is 80.5 cm³/mol. The molecule has 1 rings (SSSR count). The van der Waals surface area contributed by atoms with Crippen molar-refractivity contribution in [1.82, 2.24) is 0 Å². The topological polar surface area (TPSA) is 46.5 Å². The van der Waals surface area contributed by atoms with Crippen molar-refractivity contribution in [3.05, 3.63) is 35.9 Å². The number of ether oxygens (including phenoxy) is 1. The van der Waals surface area contributed by atoms with Crippen LogP contribution in [0.5, 0.6) is 0 Å². The van der Waals surface area contributed by atoms with Gasteiger partial charge in [-0.05, 0) is 31.2 Å². The highest BCUT2D eigenvalue weighted by Crippen LogP contribution is 2.25. The molecule has 3 nitrogen and oxygen atoms in total. The Morgan fingerprint density at radius 1 is 1.25 bits per heavy atom. The second-order valence-corrected chi connectivity index (χ2v) is 5.26. The van der Waals surface area contributed by atoms with E-state index in [0.717, 1.165) is 6.42 Å². The van der Waals surface area contributed by atoms with Gasteiger partial charge in [-0.3, -0.25) is 4.79 Å². The van der Waals surface area contributed by atoms with Gasteiger partial charge in [0.05, 0.1) is 18.6 Å². The number of hydrogen-bond donors (Lipinski definition) is 1. The molecule has 0 aliphatic heterocycles. The molecule has 0 aliphatic carbocycles. The van der Waals surface area contributed by atoms with E-state index in [1.165, 1.54) is 5.56 Å². The molecule has 3 heteroatoms. The second-order valence-electron chi connectivity index (χ2n) is 5.26. The predicted octanol–water partition coefficient (Wildman–Crippen LogP) is 3.52. The molecule has 0 saturated carbocycles. The minimum Gasteiger partial charge on any atom is -0.466 e. The number of carbonyl (C=O) groups excluding carboxylic acids is 1. The average molecular weight is 278 g/mol. The minimum atomic E-state index is -0.649.